The van der Waals surface area contributed by atoms with Gasteiger partial charge < -0.3 is 0 Å². The molecule has 0 N–H and O–H groups in total. The van der Waals surface area contributed by atoms with E-state index in [0.717, 1.165) is 17.0 Å². The van der Waals surface area contributed by atoms with Crippen LogP contribution < -0.4 is 0 Å². The first kappa shape index (κ1) is 9.48. The molecule has 80 valence electrons. The zero-order valence-electron chi connectivity index (χ0n) is 8.78. The van der Waals surface area contributed by atoms with Crippen molar-refractivity contribution in [2.24, 2.45) is 0 Å². The topological polar surface area (TPSA) is 66.9 Å². The number of fused-ring (bicyclic) bond motifs is 1. The largest absolute Gasteiger partial charge is 0.253 e. The lowest BCUT2D eigenvalue weighted by Crippen LogP contribution is -1.95. The molecule has 0 saturated heterocycles. The van der Waals surface area contributed by atoms with Crippen LogP contribution in [0.3, 0.4) is 0 Å². The first-order chi connectivity index (χ1) is 8.38. The van der Waals surface area contributed by atoms with E-state index in [2.05, 4.69) is 15.1 Å². The number of pyridine rings is 2. The van der Waals surface area contributed by atoms with Crippen LogP contribution in [-0.2, 0) is 0 Å². The van der Waals surface area contributed by atoms with Gasteiger partial charge in [0.15, 0.2) is 5.65 Å². The van der Waals surface area contributed by atoms with Gasteiger partial charge in [0.25, 0.3) is 0 Å². The fraction of sp³-hybridized carbons (Fsp3) is 0. The number of rotatable bonds is 1. The minimum Gasteiger partial charge on any atom is -0.253 e. The van der Waals surface area contributed by atoms with E-state index >= 15 is 0 Å². The predicted octanol–water partition coefficient (Wildman–Crippen LogP) is 1.66. The van der Waals surface area contributed by atoms with Gasteiger partial charge in [-0.05, 0) is 24.3 Å². The second kappa shape index (κ2) is 3.68. The lowest BCUT2D eigenvalue weighted by Gasteiger charge is -2.02. The number of nitrogens with zero attached hydrogens (tertiary/aromatic N) is 5. The molecule has 3 aromatic heterocycles. The summed E-state index contributed by atoms with van der Waals surface area (Å²) in [6.07, 6.45) is 3.05. The third-order valence-electron chi connectivity index (χ3n) is 2.46. The molecule has 0 radical (unpaired) electrons. The summed E-state index contributed by atoms with van der Waals surface area (Å²) in [6, 6.07) is 11.3. The Labute approximate surface area is 97.0 Å². The van der Waals surface area contributed by atoms with Crippen molar-refractivity contribution in [1.29, 1.82) is 5.26 Å². The quantitative estimate of drug-likeness (QED) is 0.626. The molecule has 0 saturated carbocycles. The maximum Gasteiger partial charge on any atom is 0.156 e. The Morgan fingerprint density at radius 2 is 2.06 bits per heavy atom. The van der Waals surface area contributed by atoms with Crippen molar-refractivity contribution in [3.63, 3.8) is 0 Å². The molecule has 3 heterocycles. The Bertz CT molecular complexity index is 706. The number of nitriles is 1. The van der Waals surface area contributed by atoms with Crippen LogP contribution in [0.25, 0.3) is 17.0 Å². The van der Waals surface area contributed by atoms with E-state index in [1.807, 2.05) is 24.3 Å². The van der Waals surface area contributed by atoms with Gasteiger partial charge in [-0.15, -0.1) is 0 Å². The summed E-state index contributed by atoms with van der Waals surface area (Å²) in [5.74, 6) is 0. The summed E-state index contributed by atoms with van der Waals surface area (Å²) in [5, 5.41) is 12.9. The molecule has 0 spiro atoms. The lowest BCUT2D eigenvalue weighted by molar-refractivity contribution is 0.962. The highest BCUT2D eigenvalue weighted by Gasteiger charge is 2.05. The molecule has 3 rings (SSSR count). The summed E-state index contributed by atoms with van der Waals surface area (Å²) in [7, 11) is 0. The molecule has 0 atom stereocenters. The summed E-state index contributed by atoms with van der Waals surface area (Å²) in [5.41, 5.74) is 2.93. The van der Waals surface area contributed by atoms with Gasteiger partial charge in [-0.25, -0.2) is 9.50 Å². The van der Waals surface area contributed by atoms with E-state index in [1.165, 1.54) is 6.33 Å². The smallest absolute Gasteiger partial charge is 0.156 e. The third-order valence-corrected chi connectivity index (χ3v) is 2.46. The molecule has 5 nitrogen and oxygen atoms in total. The zero-order chi connectivity index (χ0) is 11.7. The van der Waals surface area contributed by atoms with Crippen molar-refractivity contribution in [1.82, 2.24) is 19.6 Å². The molecule has 5 heteroatoms. The molecule has 0 aliphatic heterocycles. The molecule has 0 aliphatic rings. The molecule has 0 amide bonds. The van der Waals surface area contributed by atoms with Crippen LogP contribution in [0.15, 0.2) is 42.9 Å². The number of hydrogen-bond acceptors (Lipinski definition) is 4. The summed E-state index contributed by atoms with van der Waals surface area (Å²) in [6.45, 7) is 0. The van der Waals surface area contributed by atoms with Gasteiger partial charge >= 0.3 is 0 Å². The molecule has 0 bridgehead atoms. The fourth-order valence-electron chi connectivity index (χ4n) is 1.65. The van der Waals surface area contributed by atoms with Gasteiger partial charge in [0.2, 0.25) is 0 Å². The minimum atomic E-state index is 0.541. The highest BCUT2D eigenvalue weighted by Crippen LogP contribution is 2.17. The van der Waals surface area contributed by atoms with Crippen molar-refractivity contribution in [3.05, 3.63) is 48.4 Å². The van der Waals surface area contributed by atoms with Gasteiger partial charge in [0, 0.05) is 6.20 Å². The average Bonchev–Trinajstić information content (AvgIpc) is 2.87. The van der Waals surface area contributed by atoms with Gasteiger partial charge in [-0.1, -0.05) is 6.07 Å². The fourth-order valence-corrected chi connectivity index (χ4v) is 1.65. The zero-order valence-corrected chi connectivity index (χ0v) is 8.78. The first-order valence-electron chi connectivity index (χ1n) is 5.04. The second-order valence-electron chi connectivity index (χ2n) is 3.48. The average molecular weight is 221 g/mol. The van der Waals surface area contributed by atoms with Crippen LogP contribution in [0, 0.1) is 11.3 Å². The molecule has 17 heavy (non-hydrogen) atoms. The van der Waals surface area contributed by atoms with E-state index in [0.29, 0.717) is 5.56 Å². The Morgan fingerprint density at radius 3 is 2.82 bits per heavy atom. The SMILES string of the molecule is N#Cc1ccc(-c2cccc3ncnn23)nc1. The van der Waals surface area contributed by atoms with E-state index in [4.69, 9.17) is 5.26 Å². The summed E-state index contributed by atoms with van der Waals surface area (Å²) in [4.78, 5) is 8.35. The normalized spacial score (nSPS) is 10.3. The number of aromatic nitrogens is 4. The van der Waals surface area contributed by atoms with Crippen molar-refractivity contribution >= 4 is 5.65 Å². The monoisotopic (exact) mass is 221 g/mol. The van der Waals surface area contributed by atoms with Crippen molar-refractivity contribution in [3.8, 4) is 17.5 Å². The molecule has 0 aliphatic carbocycles. The first-order valence-corrected chi connectivity index (χ1v) is 5.04. The van der Waals surface area contributed by atoms with Crippen molar-refractivity contribution in [2.75, 3.05) is 0 Å². The predicted molar refractivity (Wildman–Crippen MR) is 60.9 cm³/mol. The highest BCUT2D eigenvalue weighted by molar-refractivity contribution is 5.59. The molecule has 0 fully saturated rings. The van der Waals surface area contributed by atoms with Gasteiger partial charge in [-0.2, -0.15) is 10.4 Å². The molecule has 0 aromatic carbocycles. The van der Waals surface area contributed by atoms with Crippen molar-refractivity contribution < 1.29 is 0 Å². The Kier molecular flexibility index (Phi) is 2.06. The van der Waals surface area contributed by atoms with E-state index in [-0.39, 0.29) is 0 Å². The van der Waals surface area contributed by atoms with Crippen LogP contribution in [0.2, 0.25) is 0 Å². The van der Waals surface area contributed by atoms with Gasteiger partial charge in [0.05, 0.1) is 17.0 Å². The lowest BCUT2D eigenvalue weighted by atomic mass is 10.2. The standard InChI is InChI=1S/C12H7N5/c13-6-9-4-5-10(14-7-9)11-2-1-3-12-15-8-16-17(11)12/h1-5,7-8H. The summed E-state index contributed by atoms with van der Waals surface area (Å²) >= 11 is 0. The minimum absolute atomic E-state index is 0.541. The molecule has 3 aromatic rings. The maximum absolute atomic E-state index is 8.72. The van der Waals surface area contributed by atoms with Crippen LogP contribution in [-0.4, -0.2) is 19.6 Å². The molecule has 0 unspecified atom stereocenters. The van der Waals surface area contributed by atoms with Crippen LogP contribution >= 0.6 is 0 Å². The van der Waals surface area contributed by atoms with Gasteiger partial charge in [-0.3, -0.25) is 4.98 Å². The Balaban J connectivity index is 2.20. The maximum atomic E-state index is 8.72. The number of hydrogen-bond donors (Lipinski definition) is 0. The van der Waals surface area contributed by atoms with E-state index in [1.54, 1.807) is 22.8 Å². The van der Waals surface area contributed by atoms with E-state index < -0.39 is 0 Å². The second-order valence-corrected chi connectivity index (χ2v) is 3.48. The Hall–Kier alpha value is -2.74. The van der Waals surface area contributed by atoms with Crippen LogP contribution in [0.5, 0.6) is 0 Å². The third kappa shape index (κ3) is 1.52. The van der Waals surface area contributed by atoms with Crippen LogP contribution in [0.4, 0.5) is 0 Å². The van der Waals surface area contributed by atoms with Crippen LogP contribution in [0.1, 0.15) is 5.56 Å². The molecular formula is C12H7N5. The van der Waals surface area contributed by atoms with Gasteiger partial charge in [0.1, 0.15) is 12.4 Å². The molecular weight excluding hydrogens is 214 g/mol. The summed E-state index contributed by atoms with van der Waals surface area (Å²) < 4.78 is 1.72. The van der Waals surface area contributed by atoms with Crippen molar-refractivity contribution in [2.45, 2.75) is 0 Å². The van der Waals surface area contributed by atoms with E-state index in [9.17, 15) is 0 Å². The Morgan fingerprint density at radius 1 is 1.12 bits per heavy atom. The highest BCUT2D eigenvalue weighted by atomic mass is 15.3.